The number of carbonyl (C=O) groups excluding carboxylic acids is 1. The van der Waals surface area contributed by atoms with Crippen molar-refractivity contribution in [1.82, 2.24) is 10.2 Å². The summed E-state index contributed by atoms with van der Waals surface area (Å²) >= 11 is 0. The van der Waals surface area contributed by atoms with Gasteiger partial charge in [0.15, 0.2) is 12.0 Å². The van der Waals surface area contributed by atoms with E-state index < -0.39 is 6.10 Å². The van der Waals surface area contributed by atoms with Gasteiger partial charge in [-0.25, -0.2) is 5.84 Å². The zero-order valence-corrected chi connectivity index (χ0v) is 16.5. The molecule has 0 radical (unpaired) electrons. The number of aliphatic hydroxyl groups is 1. The molecule has 154 valence electrons. The van der Waals surface area contributed by atoms with Crippen molar-refractivity contribution < 1.29 is 14.4 Å². The van der Waals surface area contributed by atoms with Crippen molar-refractivity contribution in [3.8, 4) is 11.3 Å². The van der Waals surface area contributed by atoms with Crippen LogP contribution in [0.5, 0.6) is 0 Å². The van der Waals surface area contributed by atoms with Crippen LogP contribution in [0, 0.1) is 5.92 Å². The second-order valence-electron chi connectivity index (χ2n) is 6.40. The molecular weight excluding hydrogens is 358 g/mol. The maximum atomic E-state index is 10.3. The molecule has 0 bridgehead atoms. The molecule has 0 aliphatic heterocycles. The van der Waals surface area contributed by atoms with Crippen LogP contribution in [0.3, 0.4) is 0 Å². The van der Waals surface area contributed by atoms with E-state index in [1.165, 1.54) is 26.3 Å². The van der Waals surface area contributed by atoms with Crippen LogP contribution in [0.15, 0.2) is 52.8 Å². The maximum Gasteiger partial charge on any atom is 0.199 e. The summed E-state index contributed by atoms with van der Waals surface area (Å²) in [6, 6.07) is 11.2. The Morgan fingerprint density at radius 2 is 2.00 bits per heavy atom. The van der Waals surface area contributed by atoms with Gasteiger partial charge in [-0.1, -0.05) is 41.9 Å². The molecule has 7 N–H and O–H groups in total. The lowest BCUT2D eigenvalue weighted by atomic mass is 9.85. The second kappa shape index (κ2) is 12.7. The van der Waals surface area contributed by atoms with Crippen LogP contribution >= 0.6 is 0 Å². The van der Waals surface area contributed by atoms with E-state index >= 15 is 0 Å². The van der Waals surface area contributed by atoms with Crippen LogP contribution in [-0.2, 0) is 0 Å². The lowest BCUT2D eigenvalue weighted by Crippen LogP contribution is -2.35. The van der Waals surface area contributed by atoms with E-state index in [1.54, 1.807) is 24.2 Å². The molecule has 1 unspecified atom stereocenters. The average Bonchev–Trinajstić information content (AvgIpc) is 3.17. The Kier molecular flexibility index (Phi) is 10.6. The highest BCUT2D eigenvalue weighted by Gasteiger charge is 2.18. The van der Waals surface area contributed by atoms with Gasteiger partial charge in [0.05, 0.1) is 11.8 Å². The van der Waals surface area contributed by atoms with Crippen molar-refractivity contribution in [2.45, 2.75) is 32.3 Å². The third-order valence-corrected chi connectivity index (χ3v) is 4.21. The standard InChI is InChI=1S/C10H7NO2.C9H19N3O.CH5N/c12-7-9-6-10(11-13-9)8-4-2-1-3-5-8;1-7(13)9(10)6-12(11)5-8-3-2-4-8;1-2/h1-7H;6-8,13H,2-5,10-11H2,1H3;2H2,1H3/b;9-6-;. The largest absolute Gasteiger partial charge is 0.399 e. The highest BCUT2D eigenvalue weighted by molar-refractivity contribution is 5.73. The Morgan fingerprint density at radius 1 is 1.36 bits per heavy atom. The Labute approximate surface area is 165 Å². The molecule has 1 atom stereocenters. The molecule has 1 aliphatic carbocycles. The zero-order valence-electron chi connectivity index (χ0n) is 16.5. The van der Waals surface area contributed by atoms with Crippen LogP contribution in [-0.4, -0.2) is 41.3 Å². The summed E-state index contributed by atoms with van der Waals surface area (Å²) in [4.78, 5) is 10.3. The van der Waals surface area contributed by atoms with Crippen molar-refractivity contribution in [2.24, 2.45) is 23.2 Å². The minimum atomic E-state index is -0.618. The second-order valence-corrected chi connectivity index (χ2v) is 6.40. The van der Waals surface area contributed by atoms with E-state index in [0.29, 0.717) is 23.6 Å². The van der Waals surface area contributed by atoms with Crippen molar-refractivity contribution >= 4 is 6.29 Å². The first-order valence-electron chi connectivity index (χ1n) is 9.21. The Bertz CT molecular complexity index is 712. The summed E-state index contributed by atoms with van der Waals surface area (Å²) < 4.78 is 4.75. The Hall–Kier alpha value is -2.68. The van der Waals surface area contributed by atoms with Crippen molar-refractivity contribution in [2.75, 3.05) is 13.6 Å². The van der Waals surface area contributed by atoms with Gasteiger partial charge in [-0.05, 0) is 32.7 Å². The highest BCUT2D eigenvalue weighted by atomic mass is 16.5. The summed E-state index contributed by atoms with van der Waals surface area (Å²) in [5.74, 6) is 6.65. The molecular formula is C20H31N5O3. The van der Waals surface area contributed by atoms with Crippen molar-refractivity contribution in [3.63, 3.8) is 0 Å². The highest BCUT2D eigenvalue weighted by Crippen LogP contribution is 2.26. The van der Waals surface area contributed by atoms with Crippen LogP contribution in [0.2, 0.25) is 0 Å². The minimum Gasteiger partial charge on any atom is -0.399 e. The number of aromatic nitrogens is 1. The van der Waals surface area contributed by atoms with E-state index in [9.17, 15) is 4.79 Å². The predicted molar refractivity (Wildman–Crippen MR) is 110 cm³/mol. The van der Waals surface area contributed by atoms with Gasteiger partial charge in [-0.3, -0.25) is 4.79 Å². The lowest BCUT2D eigenvalue weighted by Gasteiger charge is -2.29. The molecule has 8 nitrogen and oxygen atoms in total. The topological polar surface area (TPSA) is 145 Å². The predicted octanol–water partition coefficient (Wildman–Crippen LogP) is 1.87. The molecule has 1 heterocycles. The summed E-state index contributed by atoms with van der Waals surface area (Å²) in [5.41, 5.74) is 12.1. The van der Waals surface area contributed by atoms with Gasteiger partial charge in [0.25, 0.3) is 0 Å². The summed E-state index contributed by atoms with van der Waals surface area (Å²) in [7, 11) is 1.50. The van der Waals surface area contributed by atoms with Crippen molar-refractivity contribution in [1.29, 1.82) is 0 Å². The molecule has 8 heteroatoms. The van der Waals surface area contributed by atoms with Gasteiger partial charge in [-0.2, -0.15) is 0 Å². The third kappa shape index (κ3) is 7.91. The molecule has 1 aliphatic rings. The Balaban J connectivity index is 0.000000257. The van der Waals surface area contributed by atoms with Crippen LogP contribution < -0.4 is 17.3 Å². The number of hydrazine groups is 1. The van der Waals surface area contributed by atoms with Gasteiger partial charge in [0.1, 0.15) is 5.69 Å². The van der Waals surface area contributed by atoms with Gasteiger partial charge in [-0.15, -0.1) is 0 Å². The molecule has 0 amide bonds. The summed E-state index contributed by atoms with van der Waals surface area (Å²) in [5, 5.41) is 14.4. The number of nitrogens with two attached hydrogens (primary N) is 3. The summed E-state index contributed by atoms with van der Waals surface area (Å²) in [6.07, 6.45) is 5.47. The van der Waals surface area contributed by atoms with Crippen LogP contribution in [0.4, 0.5) is 0 Å². The van der Waals surface area contributed by atoms with E-state index in [1.807, 2.05) is 30.3 Å². The number of aldehydes is 1. The van der Waals surface area contributed by atoms with Crippen molar-refractivity contribution in [3.05, 3.63) is 54.1 Å². The lowest BCUT2D eigenvalue weighted by molar-refractivity contribution is 0.109. The van der Waals surface area contributed by atoms with E-state index in [-0.39, 0.29) is 5.76 Å². The number of nitrogens with zero attached hydrogens (tertiary/aromatic N) is 2. The SMILES string of the molecule is CC(O)/C(N)=C/N(N)CC1CCC1.CN.O=Cc1cc(-c2ccccc2)no1. The first-order valence-corrected chi connectivity index (χ1v) is 9.21. The number of rotatable bonds is 6. The number of carbonyl (C=O) groups is 1. The third-order valence-electron chi connectivity index (χ3n) is 4.21. The molecule has 1 aromatic heterocycles. The molecule has 2 aromatic rings. The minimum absolute atomic E-state index is 0.249. The molecule has 3 rings (SSSR count). The maximum absolute atomic E-state index is 10.3. The fourth-order valence-electron chi connectivity index (χ4n) is 2.42. The molecule has 0 spiro atoms. The van der Waals surface area contributed by atoms with E-state index in [0.717, 1.165) is 12.1 Å². The number of benzene rings is 1. The zero-order chi connectivity index (χ0) is 20.9. The van der Waals surface area contributed by atoms with Gasteiger partial charge in [0.2, 0.25) is 0 Å². The monoisotopic (exact) mass is 389 g/mol. The quantitative estimate of drug-likeness (QED) is 0.333. The molecule has 1 fully saturated rings. The number of aliphatic hydroxyl groups excluding tert-OH is 1. The fraction of sp³-hybridized carbons (Fsp3) is 0.400. The fourth-order valence-corrected chi connectivity index (χ4v) is 2.42. The molecule has 0 saturated heterocycles. The average molecular weight is 390 g/mol. The molecule has 1 aromatic carbocycles. The van der Waals surface area contributed by atoms with Crippen LogP contribution in [0.25, 0.3) is 11.3 Å². The van der Waals surface area contributed by atoms with Gasteiger partial charge >= 0.3 is 0 Å². The first kappa shape index (κ1) is 23.4. The van der Waals surface area contributed by atoms with Crippen LogP contribution in [0.1, 0.15) is 36.7 Å². The van der Waals surface area contributed by atoms with E-state index in [4.69, 9.17) is 21.2 Å². The first-order chi connectivity index (χ1) is 13.5. The molecule has 1 saturated carbocycles. The number of hydrogen-bond acceptors (Lipinski definition) is 8. The Morgan fingerprint density at radius 3 is 2.46 bits per heavy atom. The van der Waals surface area contributed by atoms with Gasteiger partial charge in [0, 0.05) is 24.4 Å². The van der Waals surface area contributed by atoms with E-state index in [2.05, 4.69) is 10.9 Å². The van der Waals surface area contributed by atoms with Gasteiger partial charge < -0.3 is 26.1 Å². The molecule has 28 heavy (non-hydrogen) atoms. The normalized spacial score (nSPS) is 14.5. The number of hydrogen-bond donors (Lipinski definition) is 4. The smallest absolute Gasteiger partial charge is 0.199 e. The summed E-state index contributed by atoms with van der Waals surface area (Å²) in [6.45, 7) is 2.47.